The van der Waals surface area contributed by atoms with Crippen LogP contribution in [0.2, 0.25) is 0 Å². The summed E-state index contributed by atoms with van der Waals surface area (Å²) < 4.78 is 0. The molecule has 3 nitrogen and oxygen atoms in total. The fourth-order valence-electron chi connectivity index (χ4n) is 3.14. The van der Waals surface area contributed by atoms with E-state index in [1.165, 1.54) is 5.56 Å². The molecule has 0 saturated carbocycles. The Bertz CT molecular complexity index is 764. The van der Waals surface area contributed by atoms with E-state index in [1.807, 2.05) is 54.6 Å². The van der Waals surface area contributed by atoms with Gasteiger partial charge < -0.3 is 5.32 Å². The van der Waals surface area contributed by atoms with Crippen molar-refractivity contribution in [3.05, 3.63) is 108 Å². The average molecular weight is 358 g/mol. The van der Waals surface area contributed by atoms with E-state index in [2.05, 4.69) is 47.0 Å². The second-order valence-electron chi connectivity index (χ2n) is 6.57. The summed E-state index contributed by atoms with van der Waals surface area (Å²) in [5.41, 5.74) is 3.61. The largest absolute Gasteiger partial charge is 0.355 e. The fourth-order valence-corrected chi connectivity index (χ4v) is 3.14. The van der Waals surface area contributed by atoms with Crippen LogP contribution in [0.15, 0.2) is 91.0 Å². The zero-order chi connectivity index (χ0) is 18.7. The molecule has 0 atom stereocenters. The van der Waals surface area contributed by atoms with Crippen molar-refractivity contribution in [1.82, 2.24) is 10.6 Å². The van der Waals surface area contributed by atoms with Gasteiger partial charge in [0.15, 0.2) is 0 Å². The quantitative estimate of drug-likeness (QED) is 0.565. The van der Waals surface area contributed by atoms with E-state index in [0.717, 1.165) is 24.0 Å². The first-order chi connectivity index (χ1) is 13.3. The maximum absolute atomic E-state index is 12.2. The van der Waals surface area contributed by atoms with E-state index < -0.39 is 0 Å². The first-order valence-electron chi connectivity index (χ1n) is 9.47. The molecule has 3 rings (SSSR count). The van der Waals surface area contributed by atoms with Gasteiger partial charge in [0.2, 0.25) is 5.91 Å². The minimum atomic E-state index is 0.00229. The van der Waals surface area contributed by atoms with Gasteiger partial charge >= 0.3 is 0 Å². The molecule has 0 aliphatic rings. The third kappa shape index (κ3) is 6.08. The number of benzene rings is 3. The van der Waals surface area contributed by atoms with Gasteiger partial charge in [0, 0.05) is 6.54 Å². The molecule has 0 aromatic heterocycles. The monoisotopic (exact) mass is 358 g/mol. The molecule has 3 aromatic rings. The number of carbonyl (C=O) groups excluding carboxylic acids is 1. The molecule has 138 valence electrons. The molecule has 0 aliphatic carbocycles. The van der Waals surface area contributed by atoms with Crippen molar-refractivity contribution in [2.24, 2.45) is 0 Å². The average Bonchev–Trinajstić information content (AvgIpc) is 2.74. The number of hydrogen-bond acceptors (Lipinski definition) is 2. The molecule has 0 unspecified atom stereocenters. The number of hydrogen-bond donors (Lipinski definition) is 2. The Kier molecular flexibility index (Phi) is 7.19. The fraction of sp³-hybridized carbons (Fsp3) is 0.208. The van der Waals surface area contributed by atoms with Crippen LogP contribution in [0.4, 0.5) is 0 Å². The molecule has 1 amide bonds. The van der Waals surface area contributed by atoms with Crippen molar-refractivity contribution >= 4 is 5.91 Å². The third-order valence-electron chi connectivity index (χ3n) is 4.54. The standard InChI is InChI=1S/C24H26N2O/c27-23(25-18-10-13-20-11-4-1-5-12-20)19-26-24(21-14-6-2-7-15-21)22-16-8-3-9-17-22/h1-9,11-12,14-17,24,26H,10,13,18-19H2,(H,25,27). The van der Waals surface area contributed by atoms with Gasteiger partial charge in [0.25, 0.3) is 0 Å². The Labute approximate surface area is 161 Å². The molecule has 27 heavy (non-hydrogen) atoms. The van der Waals surface area contributed by atoms with Crippen LogP contribution >= 0.6 is 0 Å². The van der Waals surface area contributed by atoms with E-state index in [-0.39, 0.29) is 11.9 Å². The van der Waals surface area contributed by atoms with Crippen LogP contribution < -0.4 is 10.6 Å². The van der Waals surface area contributed by atoms with Crippen molar-refractivity contribution in [3.8, 4) is 0 Å². The van der Waals surface area contributed by atoms with Crippen molar-refractivity contribution in [2.75, 3.05) is 13.1 Å². The van der Waals surface area contributed by atoms with Crippen molar-refractivity contribution in [3.63, 3.8) is 0 Å². The van der Waals surface area contributed by atoms with E-state index in [9.17, 15) is 4.79 Å². The summed E-state index contributed by atoms with van der Waals surface area (Å²) in [7, 11) is 0. The SMILES string of the molecule is O=C(CNC(c1ccccc1)c1ccccc1)NCCCc1ccccc1. The van der Waals surface area contributed by atoms with Crippen molar-refractivity contribution in [2.45, 2.75) is 18.9 Å². The molecule has 2 N–H and O–H groups in total. The van der Waals surface area contributed by atoms with Crippen LogP contribution in [-0.4, -0.2) is 19.0 Å². The third-order valence-corrected chi connectivity index (χ3v) is 4.54. The predicted octanol–water partition coefficient (Wildman–Crippen LogP) is 4.11. The lowest BCUT2D eigenvalue weighted by molar-refractivity contribution is -0.120. The van der Waals surface area contributed by atoms with Crippen LogP contribution in [0, 0.1) is 0 Å². The maximum atomic E-state index is 12.2. The normalized spacial score (nSPS) is 10.7. The molecule has 0 saturated heterocycles. The van der Waals surface area contributed by atoms with E-state index in [0.29, 0.717) is 13.1 Å². The van der Waals surface area contributed by atoms with Gasteiger partial charge in [0.05, 0.1) is 12.6 Å². The summed E-state index contributed by atoms with van der Waals surface area (Å²) >= 11 is 0. The number of aryl methyl sites for hydroxylation is 1. The molecule has 0 heterocycles. The molecule has 0 aliphatic heterocycles. The van der Waals surface area contributed by atoms with E-state index in [4.69, 9.17) is 0 Å². The first kappa shape index (κ1) is 18.9. The summed E-state index contributed by atoms with van der Waals surface area (Å²) in [5, 5.41) is 6.41. The molecule has 0 fully saturated rings. The second kappa shape index (κ2) is 10.3. The summed E-state index contributed by atoms with van der Waals surface area (Å²) in [5.74, 6) is 0.0277. The number of rotatable bonds is 9. The lowest BCUT2D eigenvalue weighted by Gasteiger charge is -2.19. The molecular weight excluding hydrogens is 332 g/mol. The number of carbonyl (C=O) groups is 1. The Morgan fingerprint density at radius 1 is 0.741 bits per heavy atom. The van der Waals surface area contributed by atoms with E-state index >= 15 is 0 Å². The highest BCUT2D eigenvalue weighted by Gasteiger charge is 2.14. The molecule has 3 aromatic carbocycles. The summed E-state index contributed by atoms with van der Waals surface area (Å²) in [6.07, 6.45) is 1.92. The highest BCUT2D eigenvalue weighted by molar-refractivity contribution is 5.78. The Morgan fingerprint density at radius 3 is 1.81 bits per heavy atom. The Hall–Kier alpha value is -2.91. The first-order valence-corrected chi connectivity index (χ1v) is 9.47. The number of nitrogens with one attached hydrogen (secondary N) is 2. The molecular formula is C24H26N2O. The Morgan fingerprint density at radius 2 is 1.26 bits per heavy atom. The van der Waals surface area contributed by atoms with Gasteiger partial charge in [-0.2, -0.15) is 0 Å². The lowest BCUT2D eigenvalue weighted by Crippen LogP contribution is -2.36. The minimum absolute atomic E-state index is 0.00229. The summed E-state index contributed by atoms with van der Waals surface area (Å²) in [6.45, 7) is 0.983. The van der Waals surface area contributed by atoms with Gasteiger partial charge in [0.1, 0.15) is 0 Å². The van der Waals surface area contributed by atoms with Crippen LogP contribution in [0.1, 0.15) is 29.2 Å². The maximum Gasteiger partial charge on any atom is 0.233 e. The summed E-state index contributed by atoms with van der Waals surface area (Å²) in [4.78, 5) is 12.2. The van der Waals surface area contributed by atoms with Crippen molar-refractivity contribution in [1.29, 1.82) is 0 Å². The van der Waals surface area contributed by atoms with Gasteiger partial charge in [-0.3, -0.25) is 10.1 Å². The van der Waals surface area contributed by atoms with Gasteiger partial charge in [-0.1, -0.05) is 91.0 Å². The van der Waals surface area contributed by atoms with E-state index in [1.54, 1.807) is 0 Å². The predicted molar refractivity (Wildman–Crippen MR) is 111 cm³/mol. The zero-order valence-corrected chi connectivity index (χ0v) is 15.5. The smallest absolute Gasteiger partial charge is 0.233 e. The molecule has 0 radical (unpaired) electrons. The number of amides is 1. The van der Waals surface area contributed by atoms with Crippen LogP contribution in [0.3, 0.4) is 0 Å². The minimum Gasteiger partial charge on any atom is -0.355 e. The van der Waals surface area contributed by atoms with Gasteiger partial charge in [-0.05, 0) is 29.5 Å². The Balaban J connectivity index is 1.49. The second-order valence-corrected chi connectivity index (χ2v) is 6.57. The molecule has 0 bridgehead atoms. The zero-order valence-electron chi connectivity index (χ0n) is 15.5. The van der Waals surface area contributed by atoms with Gasteiger partial charge in [-0.15, -0.1) is 0 Å². The molecule has 3 heteroatoms. The van der Waals surface area contributed by atoms with Crippen LogP contribution in [-0.2, 0) is 11.2 Å². The highest BCUT2D eigenvalue weighted by atomic mass is 16.1. The van der Waals surface area contributed by atoms with Gasteiger partial charge in [-0.25, -0.2) is 0 Å². The topological polar surface area (TPSA) is 41.1 Å². The summed E-state index contributed by atoms with van der Waals surface area (Å²) in [6, 6.07) is 30.8. The highest BCUT2D eigenvalue weighted by Crippen LogP contribution is 2.21. The van der Waals surface area contributed by atoms with Crippen molar-refractivity contribution < 1.29 is 4.79 Å². The lowest BCUT2D eigenvalue weighted by atomic mass is 9.99. The van der Waals surface area contributed by atoms with Crippen LogP contribution in [0.25, 0.3) is 0 Å². The van der Waals surface area contributed by atoms with Crippen LogP contribution in [0.5, 0.6) is 0 Å². The molecule has 0 spiro atoms.